The second kappa shape index (κ2) is 8.15. The summed E-state index contributed by atoms with van der Waals surface area (Å²) in [5.41, 5.74) is 2.39. The van der Waals surface area contributed by atoms with Gasteiger partial charge in [-0.2, -0.15) is 5.26 Å². The average molecular weight is 340 g/mol. The number of hydrogen-bond donors (Lipinski definition) is 0. The fourth-order valence-corrected chi connectivity index (χ4v) is 2.10. The number of carbonyl (C=O) groups excluding carboxylic acids is 1. The van der Waals surface area contributed by atoms with Crippen LogP contribution in [0.3, 0.4) is 0 Å². The molecule has 0 aliphatic rings. The van der Waals surface area contributed by atoms with Crippen LogP contribution in [-0.4, -0.2) is 17.2 Å². The Morgan fingerprint density at radius 3 is 2.52 bits per heavy atom. The Labute approximate surface area is 146 Å². The zero-order valence-electron chi connectivity index (χ0n) is 14.7. The first kappa shape index (κ1) is 18.3. The molecule has 0 aliphatic heterocycles. The highest BCUT2D eigenvalue weighted by Gasteiger charge is 2.12. The standard InChI is InChI=1S/C19H20N2O4/c1-12(2)24-19(22)16(10-20)9-15-5-7-17(8-6-15)23-11-18-13(3)21-25-14(18)4/h5-9,12H,11H2,1-4H3/b16-9+. The average Bonchev–Trinajstić information content (AvgIpc) is 2.89. The van der Waals surface area contributed by atoms with Crippen LogP contribution in [0.5, 0.6) is 5.75 Å². The lowest BCUT2D eigenvalue weighted by atomic mass is 10.1. The van der Waals surface area contributed by atoms with Crippen LogP contribution < -0.4 is 4.74 Å². The van der Waals surface area contributed by atoms with Crippen molar-refractivity contribution in [2.45, 2.75) is 40.4 Å². The molecule has 0 unspecified atom stereocenters. The minimum Gasteiger partial charge on any atom is -0.489 e. The Hall–Kier alpha value is -3.07. The molecule has 25 heavy (non-hydrogen) atoms. The first-order valence-electron chi connectivity index (χ1n) is 7.88. The van der Waals surface area contributed by atoms with Crippen molar-refractivity contribution in [1.29, 1.82) is 5.26 Å². The lowest BCUT2D eigenvalue weighted by Crippen LogP contribution is -2.12. The van der Waals surface area contributed by atoms with Crippen LogP contribution in [0.1, 0.15) is 36.4 Å². The van der Waals surface area contributed by atoms with Gasteiger partial charge in [0.05, 0.1) is 17.4 Å². The van der Waals surface area contributed by atoms with Crippen LogP contribution in [0, 0.1) is 25.2 Å². The molecule has 0 atom stereocenters. The summed E-state index contributed by atoms with van der Waals surface area (Å²) >= 11 is 0. The summed E-state index contributed by atoms with van der Waals surface area (Å²) in [7, 11) is 0. The van der Waals surface area contributed by atoms with Crippen molar-refractivity contribution >= 4 is 12.0 Å². The topological polar surface area (TPSA) is 85.4 Å². The zero-order chi connectivity index (χ0) is 18.4. The molecule has 2 aromatic rings. The Bertz CT molecular complexity index is 791. The number of ether oxygens (including phenoxy) is 2. The number of carbonyl (C=O) groups is 1. The number of benzene rings is 1. The van der Waals surface area contributed by atoms with Gasteiger partial charge in [0.15, 0.2) is 0 Å². The van der Waals surface area contributed by atoms with E-state index in [0.717, 1.165) is 17.0 Å². The largest absolute Gasteiger partial charge is 0.489 e. The lowest BCUT2D eigenvalue weighted by molar-refractivity contribution is -0.142. The van der Waals surface area contributed by atoms with E-state index >= 15 is 0 Å². The quantitative estimate of drug-likeness (QED) is 0.452. The zero-order valence-corrected chi connectivity index (χ0v) is 14.7. The molecule has 1 aromatic carbocycles. The summed E-state index contributed by atoms with van der Waals surface area (Å²) in [6, 6.07) is 8.94. The molecule has 6 nitrogen and oxygen atoms in total. The van der Waals surface area contributed by atoms with Gasteiger partial charge in [-0.1, -0.05) is 17.3 Å². The second-order valence-electron chi connectivity index (χ2n) is 5.78. The van der Waals surface area contributed by atoms with Crippen LogP contribution in [0.2, 0.25) is 0 Å². The normalized spacial score (nSPS) is 11.3. The summed E-state index contributed by atoms with van der Waals surface area (Å²) in [6.45, 7) is 7.53. The summed E-state index contributed by atoms with van der Waals surface area (Å²) in [4.78, 5) is 11.8. The van der Waals surface area contributed by atoms with Gasteiger partial charge in [0.2, 0.25) is 0 Å². The molecule has 0 spiro atoms. The third-order valence-electron chi connectivity index (χ3n) is 3.44. The molecule has 1 heterocycles. The summed E-state index contributed by atoms with van der Waals surface area (Å²) in [5, 5.41) is 13.0. The van der Waals surface area contributed by atoms with Crippen LogP contribution in [0.15, 0.2) is 34.4 Å². The van der Waals surface area contributed by atoms with Crippen molar-refractivity contribution in [3.8, 4) is 11.8 Å². The predicted octanol–water partition coefficient (Wildman–Crippen LogP) is 3.73. The van der Waals surface area contributed by atoms with E-state index in [4.69, 9.17) is 19.3 Å². The van der Waals surface area contributed by atoms with Crippen molar-refractivity contribution in [3.63, 3.8) is 0 Å². The summed E-state index contributed by atoms with van der Waals surface area (Å²) in [6.07, 6.45) is 1.22. The molecule has 0 N–H and O–H groups in total. The first-order chi connectivity index (χ1) is 11.9. The van der Waals surface area contributed by atoms with Crippen molar-refractivity contribution in [2.24, 2.45) is 0 Å². The maximum absolute atomic E-state index is 11.8. The van der Waals surface area contributed by atoms with Crippen molar-refractivity contribution in [1.82, 2.24) is 5.16 Å². The van der Waals surface area contributed by atoms with E-state index in [1.807, 2.05) is 19.9 Å². The third-order valence-corrected chi connectivity index (χ3v) is 3.44. The molecule has 6 heteroatoms. The smallest absolute Gasteiger partial charge is 0.349 e. The molecule has 0 fully saturated rings. The first-order valence-corrected chi connectivity index (χ1v) is 7.88. The molecule has 0 amide bonds. The van der Waals surface area contributed by atoms with Gasteiger partial charge in [0, 0.05) is 0 Å². The Kier molecular flexibility index (Phi) is 5.96. The van der Waals surface area contributed by atoms with Crippen LogP contribution in [-0.2, 0) is 16.1 Å². The van der Waals surface area contributed by atoms with E-state index in [1.54, 1.807) is 38.1 Å². The molecule has 0 aliphatic carbocycles. The van der Waals surface area contributed by atoms with Gasteiger partial charge in [-0.05, 0) is 51.5 Å². The highest BCUT2D eigenvalue weighted by molar-refractivity contribution is 5.97. The molecule has 0 bridgehead atoms. The van der Waals surface area contributed by atoms with Crippen LogP contribution in [0.4, 0.5) is 0 Å². The van der Waals surface area contributed by atoms with Gasteiger partial charge in [-0.15, -0.1) is 0 Å². The van der Waals surface area contributed by atoms with Gasteiger partial charge in [-0.25, -0.2) is 4.79 Å². The molecule has 130 valence electrons. The van der Waals surface area contributed by atoms with E-state index in [9.17, 15) is 4.79 Å². The number of hydrogen-bond acceptors (Lipinski definition) is 6. The molecule has 1 aromatic heterocycles. The highest BCUT2D eigenvalue weighted by Crippen LogP contribution is 2.19. The third kappa shape index (κ3) is 4.95. The number of rotatable bonds is 6. The lowest BCUT2D eigenvalue weighted by Gasteiger charge is -2.07. The number of nitriles is 1. The number of esters is 1. The van der Waals surface area contributed by atoms with Gasteiger partial charge in [0.1, 0.15) is 29.8 Å². The highest BCUT2D eigenvalue weighted by atomic mass is 16.5. The fraction of sp³-hybridized carbons (Fsp3) is 0.316. The Morgan fingerprint density at radius 1 is 1.32 bits per heavy atom. The number of aryl methyl sites for hydroxylation is 2. The monoisotopic (exact) mass is 340 g/mol. The molecule has 0 saturated carbocycles. The van der Waals surface area contributed by atoms with E-state index in [-0.39, 0.29) is 11.7 Å². The van der Waals surface area contributed by atoms with Gasteiger partial charge >= 0.3 is 5.97 Å². The number of nitrogens with zero attached hydrogens (tertiary/aromatic N) is 2. The number of aromatic nitrogens is 1. The van der Waals surface area contributed by atoms with Crippen molar-refractivity contribution in [3.05, 3.63) is 52.4 Å². The van der Waals surface area contributed by atoms with Crippen molar-refractivity contribution in [2.75, 3.05) is 0 Å². The molecular formula is C19H20N2O4. The summed E-state index contributed by atoms with van der Waals surface area (Å²) < 4.78 is 15.8. The maximum atomic E-state index is 11.8. The molecule has 0 radical (unpaired) electrons. The van der Waals surface area contributed by atoms with Crippen molar-refractivity contribution < 1.29 is 18.8 Å². The SMILES string of the molecule is Cc1noc(C)c1COc1ccc(/C=C(\C#N)C(=O)OC(C)C)cc1. The maximum Gasteiger partial charge on any atom is 0.349 e. The minimum atomic E-state index is -0.628. The van der Waals surface area contributed by atoms with E-state index < -0.39 is 5.97 Å². The fourth-order valence-electron chi connectivity index (χ4n) is 2.10. The second-order valence-corrected chi connectivity index (χ2v) is 5.78. The van der Waals surface area contributed by atoms with E-state index in [1.165, 1.54) is 6.08 Å². The Morgan fingerprint density at radius 2 is 2.00 bits per heavy atom. The minimum absolute atomic E-state index is 0.0434. The molecule has 2 rings (SSSR count). The van der Waals surface area contributed by atoms with Crippen LogP contribution >= 0.6 is 0 Å². The predicted molar refractivity (Wildman–Crippen MR) is 91.6 cm³/mol. The van der Waals surface area contributed by atoms with E-state index in [2.05, 4.69) is 5.16 Å². The Balaban J connectivity index is 2.05. The van der Waals surface area contributed by atoms with Crippen LogP contribution in [0.25, 0.3) is 6.08 Å². The molecule has 0 saturated heterocycles. The van der Waals surface area contributed by atoms with Gasteiger partial charge in [-0.3, -0.25) is 0 Å². The summed E-state index contributed by atoms with van der Waals surface area (Å²) in [5.74, 6) is 0.774. The van der Waals surface area contributed by atoms with E-state index in [0.29, 0.717) is 17.9 Å². The molecular weight excluding hydrogens is 320 g/mol. The van der Waals surface area contributed by atoms with Gasteiger partial charge < -0.3 is 14.0 Å². The van der Waals surface area contributed by atoms with Gasteiger partial charge in [0.25, 0.3) is 0 Å².